The predicted octanol–water partition coefficient (Wildman–Crippen LogP) is 6.74. The van der Waals surface area contributed by atoms with E-state index < -0.39 is 0 Å². The third-order valence-corrected chi connectivity index (χ3v) is 5.46. The highest BCUT2D eigenvalue weighted by molar-refractivity contribution is 14.1. The van der Waals surface area contributed by atoms with Crippen molar-refractivity contribution in [2.24, 2.45) is 0 Å². The summed E-state index contributed by atoms with van der Waals surface area (Å²) in [5.74, 6) is 1.37. The third kappa shape index (κ3) is 11.9. The molecule has 11 heteroatoms. The van der Waals surface area contributed by atoms with Gasteiger partial charge in [0.15, 0.2) is 0 Å². The highest BCUT2D eigenvalue weighted by Gasteiger charge is 2.01. The van der Waals surface area contributed by atoms with Crippen molar-refractivity contribution in [3.63, 3.8) is 0 Å². The van der Waals surface area contributed by atoms with Crippen LogP contribution in [0.3, 0.4) is 0 Å². The molecule has 6 nitrogen and oxygen atoms in total. The molecule has 0 fully saturated rings. The number of aryl methyl sites for hydroxylation is 2. The molecule has 184 valence electrons. The molecule has 2 heterocycles. The lowest BCUT2D eigenvalue weighted by Crippen LogP contribution is -1.98. The summed E-state index contributed by atoms with van der Waals surface area (Å²) in [4.78, 5) is 15.9. The summed E-state index contributed by atoms with van der Waals surface area (Å²) in [5.41, 5.74) is 1.59. The highest BCUT2D eigenvalue weighted by Crippen LogP contribution is 2.21. The van der Waals surface area contributed by atoms with Crippen LogP contribution in [0.1, 0.15) is 22.8 Å². The van der Waals surface area contributed by atoms with Crippen LogP contribution in [0.2, 0.25) is 0 Å². The summed E-state index contributed by atoms with van der Waals surface area (Å²) in [7, 11) is 0. The lowest BCUT2D eigenvalue weighted by Gasteiger charge is -2.06. The predicted molar refractivity (Wildman–Crippen MR) is 145 cm³/mol. The Morgan fingerprint density at radius 2 is 1.26 bits per heavy atom. The van der Waals surface area contributed by atoms with Gasteiger partial charge in [-0.25, -0.2) is 28.7 Å². The first-order chi connectivity index (χ1) is 16.6. The number of hydrogen-bond donors (Lipinski definition) is 1. The SMILES string of the molecule is Cc1ncc(CO)cn1.Cc1ncc(COc2cc(F)cc(Br)c2)cn1.Fc1cc(Br)cc(I)c1. The minimum absolute atomic E-state index is 0.0142. The first-order valence-corrected chi connectivity index (χ1v) is 12.7. The number of aromatic nitrogens is 4. The number of halogens is 5. The topological polar surface area (TPSA) is 81.0 Å². The van der Waals surface area contributed by atoms with E-state index in [-0.39, 0.29) is 18.2 Å². The van der Waals surface area contributed by atoms with Gasteiger partial charge < -0.3 is 9.84 Å². The van der Waals surface area contributed by atoms with Crippen molar-refractivity contribution in [3.05, 3.63) is 108 Å². The largest absolute Gasteiger partial charge is 0.489 e. The normalized spacial score (nSPS) is 9.94. The zero-order valence-corrected chi connectivity index (χ0v) is 24.1. The Hall–Kier alpha value is -2.09. The molecule has 1 N–H and O–H groups in total. The summed E-state index contributed by atoms with van der Waals surface area (Å²) in [6.07, 6.45) is 6.61. The number of benzene rings is 2. The van der Waals surface area contributed by atoms with Crippen LogP contribution >= 0.6 is 54.5 Å². The zero-order chi connectivity index (χ0) is 25.8. The van der Waals surface area contributed by atoms with Crippen molar-refractivity contribution >= 4 is 54.5 Å². The Bertz CT molecular complexity index is 1150. The number of ether oxygens (including phenoxy) is 1. The van der Waals surface area contributed by atoms with E-state index in [0.717, 1.165) is 25.0 Å². The van der Waals surface area contributed by atoms with Crippen LogP contribution in [0.4, 0.5) is 8.78 Å². The molecular formula is C24H21Br2F2IN4O2. The molecule has 2 aromatic heterocycles. The van der Waals surface area contributed by atoms with Crippen LogP contribution in [-0.4, -0.2) is 25.0 Å². The molecule has 0 spiro atoms. The quantitative estimate of drug-likeness (QED) is 0.236. The van der Waals surface area contributed by atoms with E-state index in [1.54, 1.807) is 37.8 Å². The van der Waals surface area contributed by atoms with Gasteiger partial charge in [0.05, 0.1) is 6.61 Å². The van der Waals surface area contributed by atoms with Crippen LogP contribution in [0.5, 0.6) is 5.75 Å². The third-order valence-electron chi connectivity index (χ3n) is 3.92. The fraction of sp³-hybridized carbons (Fsp3) is 0.167. The van der Waals surface area contributed by atoms with Crippen LogP contribution in [0.25, 0.3) is 0 Å². The van der Waals surface area contributed by atoms with E-state index in [2.05, 4.69) is 74.4 Å². The molecule has 0 saturated carbocycles. The fourth-order valence-electron chi connectivity index (χ4n) is 2.29. The standard InChI is InChI=1S/C12H10BrFN2O.C6H3BrFI.C6H8N2O/c1-8-15-5-9(6-16-8)7-17-12-3-10(13)2-11(14)4-12;7-4-1-5(8)3-6(9)2-4;1-5-7-2-6(4-9)3-8-5/h2-6H,7H2,1H3;1-3H;2-3,9H,4H2,1H3. The molecule has 0 atom stereocenters. The molecule has 0 radical (unpaired) electrons. The summed E-state index contributed by atoms with van der Waals surface area (Å²) in [6, 6.07) is 9.18. The maximum atomic E-state index is 13.1. The van der Waals surface area contributed by atoms with Gasteiger partial charge >= 0.3 is 0 Å². The Morgan fingerprint density at radius 1 is 0.771 bits per heavy atom. The van der Waals surface area contributed by atoms with E-state index in [1.165, 1.54) is 24.3 Å². The van der Waals surface area contributed by atoms with Gasteiger partial charge in [0.1, 0.15) is 35.6 Å². The maximum Gasteiger partial charge on any atom is 0.128 e. The second kappa shape index (κ2) is 15.1. The van der Waals surface area contributed by atoms with Crippen molar-refractivity contribution in [1.82, 2.24) is 19.9 Å². The van der Waals surface area contributed by atoms with Crippen molar-refractivity contribution in [2.45, 2.75) is 27.1 Å². The van der Waals surface area contributed by atoms with Gasteiger partial charge in [-0.15, -0.1) is 0 Å². The van der Waals surface area contributed by atoms with Gasteiger partial charge in [-0.1, -0.05) is 31.9 Å². The minimum atomic E-state index is -0.338. The van der Waals surface area contributed by atoms with E-state index in [9.17, 15) is 8.78 Å². The summed E-state index contributed by atoms with van der Waals surface area (Å²) >= 11 is 8.43. The fourth-order valence-corrected chi connectivity index (χ4v) is 4.26. The average molecular weight is 722 g/mol. The average Bonchev–Trinajstić information content (AvgIpc) is 2.79. The van der Waals surface area contributed by atoms with Gasteiger partial charge in [-0.05, 0) is 66.8 Å². The molecule has 0 unspecified atom stereocenters. The molecular weight excluding hydrogens is 701 g/mol. The van der Waals surface area contributed by atoms with Crippen molar-refractivity contribution < 1.29 is 18.6 Å². The minimum Gasteiger partial charge on any atom is -0.489 e. The van der Waals surface area contributed by atoms with E-state index in [4.69, 9.17) is 9.84 Å². The van der Waals surface area contributed by atoms with Crippen LogP contribution < -0.4 is 4.74 Å². The van der Waals surface area contributed by atoms with Crippen molar-refractivity contribution in [2.75, 3.05) is 0 Å². The molecule has 4 aromatic rings. The lowest BCUT2D eigenvalue weighted by atomic mass is 10.3. The van der Waals surface area contributed by atoms with Crippen LogP contribution in [0.15, 0.2) is 70.1 Å². The molecule has 0 saturated heterocycles. The first-order valence-electron chi connectivity index (χ1n) is 10.0. The van der Waals surface area contributed by atoms with Gasteiger partial charge in [-0.3, -0.25) is 0 Å². The van der Waals surface area contributed by atoms with Gasteiger partial charge in [0.25, 0.3) is 0 Å². The monoisotopic (exact) mass is 720 g/mol. The van der Waals surface area contributed by atoms with E-state index in [0.29, 0.717) is 22.7 Å². The van der Waals surface area contributed by atoms with E-state index >= 15 is 0 Å². The second-order valence-corrected chi connectivity index (χ2v) is 9.99. The van der Waals surface area contributed by atoms with Gasteiger partial charge in [-0.2, -0.15) is 0 Å². The summed E-state index contributed by atoms with van der Waals surface area (Å²) in [5, 5.41) is 8.55. The summed E-state index contributed by atoms with van der Waals surface area (Å²) in [6.45, 7) is 3.95. The molecule has 0 aliphatic carbocycles. The first kappa shape index (κ1) is 29.1. The molecule has 0 bridgehead atoms. The van der Waals surface area contributed by atoms with Crippen LogP contribution in [-0.2, 0) is 13.2 Å². The molecule has 35 heavy (non-hydrogen) atoms. The number of hydrogen-bond acceptors (Lipinski definition) is 6. The Labute approximate surface area is 232 Å². The highest BCUT2D eigenvalue weighted by atomic mass is 127. The number of rotatable bonds is 4. The number of aliphatic hydroxyl groups excluding tert-OH is 1. The molecule has 0 aliphatic heterocycles. The number of aliphatic hydroxyl groups is 1. The Balaban J connectivity index is 0.000000203. The number of nitrogens with zero attached hydrogens (tertiary/aromatic N) is 4. The Kier molecular flexibility index (Phi) is 12.6. The maximum absolute atomic E-state index is 13.1. The van der Waals surface area contributed by atoms with E-state index in [1.807, 2.05) is 13.0 Å². The van der Waals surface area contributed by atoms with Crippen molar-refractivity contribution in [3.8, 4) is 5.75 Å². The summed E-state index contributed by atoms with van der Waals surface area (Å²) < 4.78 is 33.2. The molecule has 0 aliphatic rings. The van der Waals surface area contributed by atoms with Crippen LogP contribution in [0, 0.1) is 29.1 Å². The van der Waals surface area contributed by atoms with Gasteiger partial charge in [0.2, 0.25) is 0 Å². The smallest absolute Gasteiger partial charge is 0.128 e. The van der Waals surface area contributed by atoms with Gasteiger partial charge in [0, 0.05) is 54.5 Å². The molecule has 2 aromatic carbocycles. The zero-order valence-electron chi connectivity index (χ0n) is 18.7. The second-order valence-electron chi connectivity index (χ2n) is 6.92. The molecule has 4 rings (SSSR count). The lowest BCUT2D eigenvalue weighted by molar-refractivity contribution is 0.281. The Morgan fingerprint density at radius 3 is 1.71 bits per heavy atom. The van der Waals surface area contributed by atoms with Crippen molar-refractivity contribution in [1.29, 1.82) is 0 Å². The molecule has 0 amide bonds.